The van der Waals surface area contributed by atoms with E-state index in [4.69, 9.17) is 27.2 Å². The van der Waals surface area contributed by atoms with E-state index >= 15 is 0 Å². The van der Waals surface area contributed by atoms with Crippen LogP contribution in [0.15, 0.2) is 42.6 Å². The number of carbonyl (C=O) groups is 3. The molecule has 2 atom stereocenters. The number of nitrogens with two attached hydrogens (primary N) is 1. The van der Waals surface area contributed by atoms with Crippen LogP contribution in [0.3, 0.4) is 0 Å². The van der Waals surface area contributed by atoms with E-state index in [2.05, 4.69) is 5.32 Å². The summed E-state index contributed by atoms with van der Waals surface area (Å²) in [4.78, 5) is 39.9. The fourth-order valence-electron chi connectivity index (χ4n) is 4.67. The highest BCUT2D eigenvalue weighted by atomic mass is 35.5. The second-order valence-electron chi connectivity index (χ2n) is 9.12. The van der Waals surface area contributed by atoms with Gasteiger partial charge in [-0.3, -0.25) is 14.2 Å². The molecule has 1 fully saturated rings. The lowest BCUT2D eigenvalue weighted by atomic mass is 10.1. The smallest absolute Gasteiger partial charge is 0.323 e. The van der Waals surface area contributed by atoms with Crippen LogP contribution in [-0.4, -0.2) is 58.2 Å². The fraction of sp³-hybridized carbons (Fsp3) is 0.346. The Balaban J connectivity index is 1.53. The fourth-order valence-corrected chi connectivity index (χ4v) is 4.87. The molecule has 0 bridgehead atoms. The highest BCUT2D eigenvalue weighted by Crippen LogP contribution is 2.29. The Hall–Kier alpha value is -3.63. The summed E-state index contributed by atoms with van der Waals surface area (Å²) in [5, 5.41) is 12.3. The molecular formula is C26H28ClFN4O5. The zero-order valence-corrected chi connectivity index (χ0v) is 21.0. The van der Waals surface area contributed by atoms with E-state index in [1.165, 1.54) is 27.8 Å². The minimum atomic E-state index is -0.710. The molecule has 1 aliphatic rings. The van der Waals surface area contributed by atoms with E-state index in [1.54, 1.807) is 24.3 Å². The van der Waals surface area contributed by atoms with E-state index in [0.717, 1.165) is 0 Å². The van der Waals surface area contributed by atoms with Crippen LogP contribution in [0, 0.1) is 11.7 Å². The second-order valence-corrected chi connectivity index (χ2v) is 9.53. The maximum Gasteiger partial charge on any atom is 0.323 e. The van der Waals surface area contributed by atoms with Crippen molar-refractivity contribution in [3.8, 4) is 5.75 Å². The number of rotatable bonds is 8. The number of nitrogens with zero attached hydrogens (tertiary/aromatic N) is 2. The Morgan fingerprint density at radius 1 is 1.24 bits per heavy atom. The van der Waals surface area contributed by atoms with Gasteiger partial charge in [0, 0.05) is 30.2 Å². The summed E-state index contributed by atoms with van der Waals surface area (Å²) in [7, 11) is 0. The normalized spacial score (nSPS) is 17.2. The van der Waals surface area contributed by atoms with Gasteiger partial charge >= 0.3 is 6.03 Å². The molecule has 11 heteroatoms. The molecule has 1 saturated heterocycles. The molecule has 3 aromatic rings. The molecule has 196 valence electrons. The first-order chi connectivity index (χ1) is 17.7. The molecule has 1 aromatic heterocycles. The van der Waals surface area contributed by atoms with Gasteiger partial charge in [0.25, 0.3) is 0 Å². The summed E-state index contributed by atoms with van der Waals surface area (Å²) < 4.78 is 20.9. The number of amides is 3. The summed E-state index contributed by atoms with van der Waals surface area (Å²) in [6, 6.07) is 8.14. The number of primary amides is 1. The molecular weight excluding hydrogens is 503 g/mol. The van der Waals surface area contributed by atoms with Gasteiger partial charge < -0.3 is 25.8 Å². The van der Waals surface area contributed by atoms with Gasteiger partial charge in [0.05, 0.1) is 23.6 Å². The third kappa shape index (κ3) is 5.70. The van der Waals surface area contributed by atoms with Gasteiger partial charge in [0.2, 0.25) is 11.8 Å². The Morgan fingerprint density at radius 3 is 2.76 bits per heavy atom. The molecule has 2 aromatic carbocycles. The quantitative estimate of drug-likeness (QED) is 0.413. The molecule has 37 heavy (non-hydrogen) atoms. The van der Waals surface area contributed by atoms with Crippen molar-refractivity contribution in [3.05, 3.63) is 64.6 Å². The van der Waals surface area contributed by atoms with Crippen LogP contribution < -0.4 is 15.8 Å². The van der Waals surface area contributed by atoms with Gasteiger partial charge in [-0.15, -0.1) is 0 Å². The number of aliphatic hydroxyl groups excluding tert-OH is 1. The number of benzene rings is 2. The van der Waals surface area contributed by atoms with Crippen LogP contribution >= 0.6 is 11.6 Å². The summed E-state index contributed by atoms with van der Waals surface area (Å²) in [5.41, 5.74) is 6.84. The Labute approximate surface area is 217 Å². The number of ether oxygens (including phenoxy) is 1. The number of hydrogen-bond donors (Lipinski definition) is 3. The van der Waals surface area contributed by atoms with Crippen LogP contribution in [-0.2, 0) is 22.6 Å². The Kier molecular flexibility index (Phi) is 7.99. The highest BCUT2D eigenvalue weighted by Gasteiger charge is 2.37. The van der Waals surface area contributed by atoms with E-state index in [9.17, 15) is 18.8 Å². The van der Waals surface area contributed by atoms with Crippen molar-refractivity contribution in [2.24, 2.45) is 11.7 Å². The first-order valence-corrected chi connectivity index (χ1v) is 12.2. The number of carbonyl (C=O) groups excluding carboxylic acids is 3. The lowest BCUT2D eigenvalue weighted by Crippen LogP contribution is -2.46. The number of fused-ring (bicyclic) bond motifs is 1. The Morgan fingerprint density at radius 2 is 2.03 bits per heavy atom. The first kappa shape index (κ1) is 26.4. The molecule has 0 radical (unpaired) electrons. The van der Waals surface area contributed by atoms with Gasteiger partial charge in [0.1, 0.15) is 24.2 Å². The van der Waals surface area contributed by atoms with Gasteiger partial charge in [-0.2, -0.15) is 0 Å². The van der Waals surface area contributed by atoms with Crippen molar-refractivity contribution < 1.29 is 28.6 Å². The predicted octanol–water partition coefficient (Wildman–Crippen LogP) is 2.83. The Bertz CT molecular complexity index is 1340. The van der Waals surface area contributed by atoms with E-state index in [-0.39, 0.29) is 54.5 Å². The minimum Gasteiger partial charge on any atom is -0.491 e. The second kappa shape index (κ2) is 11.2. The van der Waals surface area contributed by atoms with Crippen LogP contribution in [0.2, 0.25) is 5.02 Å². The van der Waals surface area contributed by atoms with Crippen molar-refractivity contribution in [1.82, 2.24) is 14.8 Å². The average molecular weight is 531 g/mol. The van der Waals surface area contributed by atoms with Gasteiger partial charge in [-0.25, -0.2) is 9.18 Å². The van der Waals surface area contributed by atoms with Crippen LogP contribution in [0.1, 0.15) is 24.5 Å². The third-order valence-electron chi connectivity index (χ3n) is 6.42. The van der Waals surface area contributed by atoms with Crippen molar-refractivity contribution >= 4 is 40.3 Å². The standard InChI is InChI=1S/C26H28ClFN4O5/c1-15-9-22(25(35)30-12-16-3-2-4-20(27)24(16)28)31(13-15)23(34)10-17-14-32(26(29)36)21-6-5-18(11-19(17)21)37-8-7-33/h2-6,11,14-15,22,33H,7-10,12-13H2,1H3,(H2,29,36)(H,30,35)/t15-,22+/m1/s1. The van der Waals surface area contributed by atoms with Crippen LogP contribution in [0.4, 0.5) is 9.18 Å². The number of likely N-dealkylation sites (tertiary alicyclic amines) is 1. The van der Waals surface area contributed by atoms with Crippen LogP contribution in [0.25, 0.3) is 10.9 Å². The lowest BCUT2D eigenvalue weighted by Gasteiger charge is -2.24. The molecule has 4 rings (SSSR count). The largest absolute Gasteiger partial charge is 0.491 e. The third-order valence-corrected chi connectivity index (χ3v) is 6.71. The topological polar surface area (TPSA) is 127 Å². The molecule has 4 N–H and O–H groups in total. The molecule has 0 spiro atoms. The highest BCUT2D eigenvalue weighted by molar-refractivity contribution is 6.30. The number of halogens is 2. The number of aromatic nitrogens is 1. The first-order valence-electron chi connectivity index (χ1n) is 11.9. The number of nitrogens with one attached hydrogen (secondary N) is 1. The molecule has 0 aliphatic carbocycles. The maximum absolute atomic E-state index is 14.2. The van der Waals surface area contributed by atoms with E-state index in [1.807, 2.05) is 6.92 Å². The molecule has 0 saturated carbocycles. The maximum atomic E-state index is 14.2. The van der Waals surface area contributed by atoms with Crippen molar-refractivity contribution in [2.45, 2.75) is 32.4 Å². The predicted molar refractivity (Wildman–Crippen MR) is 136 cm³/mol. The van der Waals surface area contributed by atoms with Gasteiger partial charge in [-0.05, 0) is 42.2 Å². The minimum absolute atomic E-state index is 0.0296. The molecule has 1 aliphatic heterocycles. The van der Waals surface area contributed by atoms with E-state index < -0.39 is 17.9 Å². The summed E-state index contributed by atoms with van der Waals surface area (Å²) in [6.45, 7) is 2.22. The average Bonchev–Trinajstić information content (AvgIpc) is 3.44. The zero-order valence-electron chi connectivity index (χ0n) is 20.2. The van der Waals surface area contributed by atoms with Gasteiger partial charge in [0.15, 0.2) is 0 Å². The van der Waals surface area contributed by atoms with E-state index in [0.29, 0.717) is 35.2 Å². The monoisotopic (exact) mass is 530 g/mol. The van der Waals surface area contributed by atoms with Crippen molar-refractivity contribution in [1.29, 1.82) is 0 Å². The lowest BCUT2D eigenvalue weighted by molar-refractivity contribution is -0.138. The zero-order chi connectivity index (χ0) is 26.7. The molecule has 2 heterocycles. The number of aliphatic hydroxyl groups is 1. The van der Waals surface area contributed by atoms with Crippen LogP contribution in [0.5, 0.6) is 5.75 Å². The number of hydrogen-bond acceptors (Lipinski definition) is 5. The van der Waals surface area contributed by atoms with Gasteiger partial charge in [-0.1, -0.05) is 30.7 Å². The summed E-state index contributed by atoms with van der Waals surface area (Å²) in [5.74, 6) is -0.698. The van der Waals surface area contributed by atoms with Crippen molar-refractivity contribution in [2.75, 3.05) is 19.8 Å². The summed E-state index contributed by atoms with van der Waals surface area (Å²) in [6.07, 6.45) is 1.91. The van der Waals surface area contributed by atoms with Crippen molar-refractivity contribution in [3.63, 3.8) is 0 Å². The molecule has 0 unspecified atom stereocenters. The molecule has 3 amide bonds. The molecule has 9 nitrogen and oxygen atoms in total. The summed E-state index contributed by atoms with van der Waals surface area (Å²) >= 11 is 5.82. The SMILES string of the molecule is C[C@@H]1C[C@@H](C(=O)NCc2cccc(Cl)c2F)N(C(=O)Cc2cn(C(N)=O)c3ccc(OCCO)cc23)C1.